The lowest BCUT2D eigenvalue weighted by atomic mass is 10.00. The third kappa shape index (κ3) is 22.2. The highest BCUT2D eigenvalue weighted by Gasteiger charge is 2.34. The average molecular weight is 1600 g/mol. The summed E-state index contributed by atoms with van der Waals surface area (Å²) in [4.78, 5) is 75.3. The number of aromatic nitrogens is 9. The molecule has 0 bridgehead atoms. The molecule has 4 aliphatic heterocycles. The summed E-state index contributed by atoms with van der Waals surface area (Å²) in [6.07, 6.45) is 3.20. The minimum Gasteiger partial charge on any atom is -0.379 e. The summed E-state index contributed by atoms with van der Waals surface area (Å²) < 4.78 is 84.8. The molecule has 0 saturated carbocycles. The topological polar surface area (TPSA) is 269 Å². The number of benzene rings is 3. The maximum absolute atomic E-state index is 13.3. The number of amides is 2. The van der Waals surface area contributed by atoms with Crippen molar-refractivity contribution in [3.63, 3.8) is 0 Å². The molecule has 13 rings (SSSR count). The van der Waals surface area contributed by atoms with Gasteiger partial charge in [-0.05, 0) is 180 Å². The average Bonchev–Trinajstić information content (AvgIpc) is 1.74. The number of rotatable bonds is 21. The van der Waals surface area contributed by atoms with Crippen molar-refractivity contribution in [1.82, 2.24) is 69.8 Å². The van der Waals surface area contributed by atoms with E-state index < -0.39 is 23.5 Å². The van der Waals surface area contributed by atoms with Crippen molar-refractivity contribution in [2.24, 2.45) is 0 Å². The highest BCUT2D eigenvalue weighted by Crippen LogP contribution is 2.42. The van der Waals surface area contributed by atoms with Crippen LogP contribution < -0.4 is 42.5 Å². The molecule has 2 amide bonds. The first-order valence-corrected chi connectivity index (χ1v) is 37.2. The van der Waals surface area contributed by atoms with E-state index in [9.17, 15) is 35.9 Å². The second-order valence-corrected chi connectivity index (χ2v) is 29.6. The number of nitrogens with one attached hydrogen (secondary N) is 8. The van der Waals surface area contributed by atoms with E-state index in [0.717, 1.165) is 132 Å². The molecule has 0 atom stereocenters. The molecule has 4 aliphatic rings. The number of aryl methyl sites for hydroxylation is 5. The van der Waals surface area contributed by atoms with Crippen molar-refractivity contribution >= 4 is 133 Å². The van der Waals surface area contributed by atoms with Gasteiger partial charge in [0.05, 0.1) is 97.1 Å². The fourth-order valence-electron chi connectivity index (χ4n) is 12.4. The van der Waals surface area contributed by atoms with Gasteiger partial charge in [-0.1, -0.05) is 60.4 Å². The number of thiocarbonyl (C=S) groups is 3. The monoisotopic (exact) mass is 1600 g/mol. The summed E-state index contributed by atoms with van der Waals surface area (Å²) in [5.41, 5.74) is 12.8. The zero-order valence-electron chi connectivity index (χ0n) is 62.5. The van der Waals surface area contributed by atoms with Crippen molar-refractivity contribution in [1.29, 1.82) is 0 Å². The molecule has 9 aromatic rings. The van der Waals surface area contributed by atoms with Crippen molar-refractivity contribution in [2.45, 2.75) is 78.1 Å². The molecule has 1 saturated heterocycles. The molecule has 24 nitrogen and oxygen atoms in total. The maximum atomic E-state index is 13.3. The lowest BCUT2D eigenvalue weighted by Crippen LogP contribution is -2.41. The number of likely N-dealkylation sites (N-methyl/N-ethyl adjacent to an activating group) is 1. The van der Waals surface area contributed by atoms with Gasteiger partial charge in [0, 0.05) is 126 Å². The molecule has 0 aliphatic carbocycles. The normalized spacial score (nSPS) is 13.8. The van der Waals surface area contributed by atoms with Gasteiger partial charge in [0.2, 0.25) is 23.8 Å². The minimum atomic E-state index is -4.48. The molecule has 0 radical (unpaired) electrons. The highest BCUT2D eigenvalue weighted by molar-refractivity contribution is 7.81. The Kier molecular flexibility index (Phi) is 26.9. The van der Waals surface area contributed by atoms with E-state index >= 15 is 0 Å². The van der Waals surface area contributed by atoms with Gasteiger partial charge in [0.25, 0.3) is 5.91 Å². The van der Waals surface area contributed by atoms with Crippen LogP contribution in [0.3, 0.4) is 0 Å². The third-order valence-electron chi connectivity index (χ3n) is 18.1. The number of fused-ring (bicyclic) bond motifs is 9. The third-order valence-corrected chi connectivity index (χ3v) is 19.2. The van der Waals surface area contributed by atoms with Crippen molar-refractivity contribution in [2.75, 3.05) is 139 Å². The summed E-state index contributed by atoms with van der Waals surface area (Å²) in [6.45, 7) is 12.1. The van der Waals surface area contributed by atoms with Crippen LogP contribution in [-0.2, 0) is 54.0 Å². The Morgan fingerprint density at radius 1 is 0.550 bits per heavy atom. The van der Waals surface area contributed by atoms with E-state index in [1.807, 2.05) is 25.4 Å². The lowest BCUT2D eigenvalue weighted by Gasteiger charge is -2.26. The Balaban J connectivity index is 0.000000165. The predicted molar refractivity (Wildman–Crippen MR) is 434 cm³/mol. The number of carbonyl (C=O) groups excluding carboxylic acids is 2. The van der Waals surface area contributed by atoms with Gasteiger partial charge in [0.15, 0.2) is 0 Å². The number of nitrogens with zero attached hydrogens (tertiary/aromatic N) is 13. The molecule has 6 aromatic heterocycles. The largest absolute Gasteiger partial charge is 0.416 e. The number of ether oxygens (including phenoxy) is 1. The number of halogens is 7. The number of hydrogen-bond acceptors (Lipinski definition) is 22. The Morgan fingerprint density at radius 3 is 1.53 bits per heavy atom. The van der Waals surface area contributed by atoms with Crippen LogP contribution >= 0.6 is 48.3 Å². The van der Waals surface area contributed by atoms with Crippen molar-refractivity contribution < 1.29 is 40.7 Å². The molecule has 111 heavy (non-hydrogen) atoms. The van der Waals surface area contributed by atoms with Gasteiger partial charge in [-0.15, -0.1) is 0 Å². The summed E-state index contributed by atoms with van der Waals surface area (Å²) in [6, 6.07) is 19.9. The Bertz CT molecular complexity index is 4970. The van der Waals surface area contributed by atoms with Gasteiger partial charge in [0.1, 0.15) is 11.5 Å². The van der Waals surface area contributed by atoms with Crippen LogP contribution in [-0.4, -0.2) is 193 Å². The van der Waals surface area contributed by atoms with Crippen LogP contribution in [0.25, 0.3) is 33.8 Å². The van der Waals surface area contributed by atoms with Crippen molar-refractivity contribution in [3.05, 3.63) is 170 Å². The molecule has 3 aromatic carbocycles. The Morgan fingerprint density at radius 2 is 1.04 bits per heavy atom. The van der Waals surface area contributed by atoms with E-state index in [4.69, 9.17) is 58.0 Å². The molecular formula is C77H84ClF6N21O3S3. The first-order chi connectivity index (χ1) is 52.8. The Hall–Kier alpha value is -9.97. The molecule has 8 N–H and O–H groups in total. The van der Waals surface area contributed by atoms with Gasteiger partial charge in [-0.3, -0.25) is 19.5 Å². The van der Waals surface area contributed by atoms with Gasteiger partial charge in [-0.25, -0.2) is 39.9 Å². The summed E-state index contributed by atoms with van der Waals surface area (Å²) in [5, 5.41) is 25.1. The quantitative estimate of drug-likeness (QED) is 0.0245. The minimum absolute atomic E-state index is 0.185. The standard InChI is InChI=1S/C28H36ClN7S.C26H26F3N7O2S.C23H22F3N7OS/c1-18-24(12-19(16-30-18)8-6-10-35(2)3)33-28-31-17-21-14-26(37)32-25-15-23(29)20(9-7-11-36(4)5)13-22(25)27(21)34-28;1-15-19(4-5-20(32-15)24(37)30-6-7-36-8-10-38-11-9-36)34-25-31-14-16-12-22(39)33-21-13-17(26(27,28)29)2-3-18(21)23(16)35-25;1-12-16(6-7-18(28-12)31-19(34)11-33(2)3)30-22-27-10-13-8-20(35)29-17-9-14(23(24,25)26)4-5-15(17)21(13)32-22/h12-13,15-17H,6-11,14H2,1-5H3,(H,32,37)(H,31,33,34);2-5,13-14H,6-12H2,1H3,(H,30,37)(H,33,39)(H,31,34,35);4-7,9-10H,8,11H2,1-3H3,(H,29,35)(H,27,30,32)(H,28,31,34). The molecule has 0 spiro atoms. The zero-order chi connectivity index (χ0) is 79.4. The van der Waals surface area contributed by atoms with Crippen LogP contribution in [0.1, 0.15) is 79.4 Å². The van der Waals surface area contributed by atoms with Crippen LogP contribution in [0.15, 0.2) is 104 Å². The smallest absolute Gasteiger partial charge is 0.379 e. The molecule has 10 heterocycles. The van der Waals surface area contributed by atoms with Crippen molar-refractivity contribution in [3.8, 4) is 33.8 Å². The first kappa shape index (κ1) is 82.0. The number of pyridine rings is 3. The van der Waals surface area contributed by atoms with Crippen LogP contribution in [0.2, 0.25) is 5.02 Å². The summed E-state index contributed by atoms with van der Waals surface area (Å²) in [5.74, 6) is 0.985. The molecule has 582 valence electrons. The number of alkyl halides is 6. The zero-order valence-corrected chi connectivity index (χ0v) is 65.7. The summed E-state index contributed by atoms with van der Waals surface area (Å²) >= 11 is 22.9. The number of anilines is 10. The fourth-order valence-corrected chi connectivity index (χ4v) is 13.5. The van der Waals surface area contributed by atoms with Crippen LogP contribution in [0, 0.1) is 20.8 Å². The van der Waals surface area contributed by atoms with Crippen LogP contribution in [0.5, 0.6) is 0 Å². The van der Waals surface area contributed by atoms with Gasteiger partial charge in [-0.2, -0.15) is 26.3 Å². The SMILES string of the molecule is Cc1nc(C(=O)NCCN2CCOCC2)ccc1Nc1ncc2c(n1)-c1ccc(C(F)(F)F)cc1NC(=S)C2.Cc1nc(NC(=O)CN(C)C)ccc1Nc1ncc2c(n1)-c1ccc(C(F)(F)F)cc1NC(=S)C2.Cc1ncc(CCCN(C)C)cc1Nc1ncc2c(n1)-c1cc(CCCN(C)C)c(Cl)cc1NC(=S)C2. The number of carbonyl (C=O) groups is 2. The van der Waals surface area contributed by atoms with Gasteiger partial charge >= 0.3 is 12.4 Å². The lowest BCUT2D eigenvalue weighted by molar-refractivity contribution is -0.138. The second kappa shape index (κ2) is 36.5. The number of hydrogen-bond donors (Lipinski definition) is 8. The van der Waals surface area contributed by atoms with E-state index in [1.54, 1.807) is 69.5 Å². The molecule has 1 fully saturated rings. The van der Waals surface area contributed by atoms with E-state index in [0.29, 0.717) is 111 Å². The molecule has 34 heteroatoms. The molecule has 0 unspecified atom stereocenters. The molecular weight excluding hydrogens is 1510 g/mol. The summed E-state index contributed by atoms with van der Waals surface area (Å²) in [7, 11) is 11.9. The van der Waals surface area contributed by atoms with E-state index in [1.165, 1.54) is 17.7 Å². The number of morpholine rings is 1. The van der Waals surface area contributed by atoms with E-state index in [-0.39, 0.29) is 53.7 Å². The first-order valence-electron chi connectivity index (χ1n) is 35.6. The highest BCUT2D eigenvalue weighted by atomic mass is 35.5. The second-order valence-electron chi connectivity index (χ2n) is 27.7. The Labute approximate surface area is 660 Å². The maximum Gasteiger partial charge on any atom is 0.416 e. The van der Waals surface area contributed by atoms with Crippen LogP contribution in [0.4, 0.5) is 84.1 Å². The van der Waals surface area contributed by atoms with E-state index in [2.05, 4.69) is 137 Å². The fraction of sp³-hybridized carbons (Fsp3) is 0.351. The van der Waals surface area contributed by atoms with Gasteiger partial charge < -0.3 is 62.0 Å². The predicted octanol–water partition coefficient (Wildman–Crippen LogP) is 13.9.